The molecule has 7 aliphatic rings. The number of alkyl halides is 2. The fourth-order valence-electron chi connectivity index (χ4n) is 13.0. The molecule has 0 spiro atoms. The van der Waals surface area contributed by atoms with Crippen LogP contribution in [0.4, 0.5) is 26.1 Å². The van der Waals surface area contributed by atoms with Crippen molar-refractivity contribution in [2.24, 2.45) is 17.8 Å². The predicted molar refractivity (Wildman–Crippen MR) is 369 cm³/mol. The topological polar surface area (TPSA) is 306 Å². The van der Waals surface area contributed by atoms with E-state index in [-0.39, 0.29) is 96.1 Å². The van der Waals surface area contributed by atoms with Gasteiger partial charge in [0.25, 0.3) is 0 Å². The van der Waals surface area contributed by atoms with Crippen molar-refractivity contribution < 1.29 is 60.9 Å². The van der Waals surface area contributed by atoms with E-state index in [1.54, 1.807) is 43.1 Å². The van der Waals surface area contributed by atoms with Gasteiger partial charge in [0.15, 0.2) is 6.10 Å². The Kier molecular flexibility index (Phi) is 21.3. The number of hydrogen-bond acceptors (Lipinski definition) is 17. The number of hydrogen-bond donors (Lipinski definition) is 4. The second-order valence-corrected chi connectivity index (χ2v) is 26.3. The number of pyridine rings is 3. The molecule has 22 nitrogen and oxygen atoms in total. The molecule has 4 aromatic heterocycles. The van der Waals surface area contributed by atoms with Crippen LogP contribution < -0.4 is 35.5 Å². The van der Waals surface area contributed by atoms with Crippen molar-refractivity contribution in [3.63, 3.8) is 0 Å². The summed E-state index contributed by atoms with van der Waals surface area (Å²) in [6.07, 6.45) is 12.2. The van der Waals surface area contributed by atoms with Gasteiger partial charge in [0, 0.05) is 98.6 Å². The van der Waals surface area contributed by atoms with E-state index in [2.05, 4.69) is 60.5 Å². The SMILES string of the molecule is N#Cc1cc(-c2cc(NC(=O)C3CC3)ccn2)ccc1O[C@H]1CCN(C(=O)C2CCC(=O)N2)CC1(F)F.N#Cc1cc(-c2ccnc(NC(=O)[C@@H]3C[C@H]3c3ccccc3)c2)ccc1OC1CCOCC1.N#Cc1cc(-c2ccnc(NC(=O)[C@@H]3C[C@H]3c3ccco3)c2)ccc1OC1CCOCC1. The minimum atomic E-state index is -3.35. The van der Waals surface area contributed by atoms with Gasteiger partial charge in [-0.1, -0.05) is 42.5 Å². The Morgan fingerprint density at radius 1 is 0.559 bits per heavy atom. The number of rotatable bonds is 18. The van der Waals surface area contributed by atoms with Crippen LogP contribution in [0.15, 0.2) is 163 Å². The third kappa shape index (κ3) is 17.2. The second-order valence-electron chi connectivity index (χ2n) is 26.3. The highest BCUT2D eigenvalue weighted by molar-refractivity contribution is 5.96. The molecule has 1 unspecified atom stereocenters. The number of nitrogens with zero attached hydrogens (tertiary/aromatic N) is 7. The van der Waals surface area contributed by atoms with Gasteiger partial charge in [-0.2, -0.15) is 15.8 Å². The Hall–Kier alpha value is -11.4. The summed E-state index contributed by atoms with van der Waals surface area (Å²) in [6.45, 7) is 1.95. The number of likely N-dealkylation sites (tertiary alicyclic amines) is 1. The lowest BCUT2D eigenvalue weighted by Crippen LogP contribution is -2.58. The highest BCUT2D eigenvalue weighted by Gasteiger charge is 2.50. The zero-order valence-electron chi connectivity index (χ0n) is 55.6. The van der Waals surface area contributed by atoms with Gasteiger partial charge in [-0.15, -0.1) is 0 Å². The highest BCUT2D eigenvalue weighted by atomic mass is 19.3. The lowest BCUT2D eigenvalue weighted by molar-refractivity contribution is -0.161. The number of nitrogens with one attached hydrogen (secondary N) is 4. The van der Waals surface area contributed by atoms with Crippen molar-refractivity contribution in [3.05, 3.63) is 186 Å². The number of piperidine rings is 1. The van der Waals surface area contributed by atoms with E-state index in [0.29, 0.717) is 84.1 Å². The van der Waals surface area contributed by atoms with Crippen LogP contribution in [0.5, 0.6) is 17.2 Å². The number of aromatic nitrogens is 3. The van der Waals surface area contributed by atoms with E-state index in [1.165, 1.54) is 17.7 Å². The van der Waals surface area contributed by atoms with Gasteiger partial charge in [-0.3, -0.25) is 29.0 Å². The normalized spacial score (nSPS) is 21.0. The fourth-order valence-corrected chi connectivity index (χ4v) is 13.0. The van der Waals surface area contributed by atoms with E-state index in [0.717, 1.165) is 84.3 Å². The molecule has 4 N–H and O–H groups in total. The number of benzene rings is 4. The van der Waals surface area contributed by atoms with Crippen LogP contribution in [0.1, 0.15) is 110 Å². The second kappa shape index (κ2) is 31.4. The third-order valence-electron chi connectivity index (χ3n) is 19.0. The lowest BCUT2D eigenvalue weighted by Gasteiger charge is -2.39. The van der Waals surface area contributed by atoms with Gasteiger partial charge in [0.2, 0.25) is 29.5 Å². The number of nitriles is 3. The smallest absolute Gasteiger partial charge is 0.301 e. The molecule has 15 rings (SSSR count). The number of anilines is 3. The molecule has 4 aliphatic heterocycles. The zero-order chi connectivity index (χ0) is 70.7. The number of carbonyl (C=O) groups excluding carboxylic acids is 5. The summed E-state index contributed by atoms with van der Waals surface area (Å²) in [5.74, 6) is -0.877. The third-order valence-corrected chi connectivity index (χ3v) is 19.0. The van der Waals surface area contributed by atoms with Crippen LogP contribution >= 0.6 is 0 Å². The van der Waals surface area contributed by atoms with E-state index in [1.807, 2.05) is 97.1 Å². The summed E-state index contributed by atoms with van der Waals surface area (Å²) >= 11 is 0. The van der Waals surface area contributed by atoms with Gasteiger partial charge < -0.3 is 54.3 Å². The fraction of sp³-hybridized carbons (Fsp3) is 0.346. The van der Waals surface area contributed by atoms with Crippen molar-refractivity contribution >= 4 is 46.9 Å². The molecule has 8 heterocycles. The molecular weight excluding hydrogens is 1300 g/mol. The maximum atomic E-state index is 15.0. The molecule has 3 aliphatic carbocycles. The van der Waals surface area contributed by atoms with Crippen LogP contribution in [0.25, 0.3) is 33.5 Å². The minimum absolute atomic E-state index is 0.00794. The molecule has 520 valence electrons. The first kappa shape index (κ1) is 69.1. The Morgan fingerprint density at radius 2 is 1.10 bits per heavy atom. The number of amides is 5. The number of halogens is 2. The van der Waals surface area contributed by atoms with Gasteiger partial charge in [0.05, 0.1) is 61.6 Å². The molecule has 24 heteroatoms. The summed E-state index contributed by atoms with van der Waals surface area (Å²) in [7, 11) is 0. The maximum absolute atomic E-state index is 15.0. The van der Waals surface area contributed by atoms with Crippen LogP contribution in [-0.2, 0) is 33.4 Å². The molecule has 4 aromatic carbocycles. The molecule has 7 fully saturated rings. The standard InChI is InChI=1S/C27H25N3O3.C26H25F2N5O4.C25H23N3O4/c28-17-21-14-19(6-7-25(21)33-22-9-12-32-13-10-22)20-8-11-29-26(15-20)30-27(31)24-16-23(24)18-4-2-1-3-5-18;27-26(28)14-33(25(36)19-4-6-23(34)32-19)10-8-22(26)37-21-5-3-16(11-17(21)13-29)20-12-18(7-9-30-20)31-24(35)15-1-2-15;26-15-18-12-16(3-4-22(18)32-19-6-10-30-11-7-19)17-5-8-27-24(13-17)28-25(29)21-14-20(21)23-2-1-9-31-23/h1-8,11,14-15,22-24H,9-10,12-13,16H2,(H,29,30,31);3,5,7,9,11-12,15,19,22H,1-2,4,6,8,10,14H2,(H,32,34)(H,30,31,35);1-5,8-9,12-13,19-21H,6-7,10-11,14H2,(H,27,28,29)/t23-,24+;19?,22-;20-,21-/m001/s1. The van der Waals surface area contributed by atoms with Gasteiger partial charge in [-0.25, -0.2) is 18.7 Å². The molecular formula is C78H73F2N11O11. The molecule has 6 atom stereocenters. The molecule has 5 amide bonds. The Morgan fingerprint density at radius 3 is 1.64 bits per heavy atom. The van der Waals surface area contributed by atoms with Crippen molar-refractivity contribution in [3.8, 4) is 69.0 Å². The van der Waals surface area contributed by atoms with Gasteiger partial charge >= 0.3 is 5.92 Å². The monoisotopic (exact) mass is 1380 g/mol. The zero-order valence-corrected chi connectivity index (χ0v) is 55.6. The van der Waals surface area contributed by atoms with Crippen LogP contribution in [0.3, 0.4) is 0 Å². The Bertz CT molecular complexity index is 4520. The minimum Gasteiger partial charge on any atom is -0.489 e. The van der Waals surface area contributed by atoms with E-state index >= 15 is 0 Å². The number of furan rings is 1. The van der Waals surface area contributed by atoms with Gasteiger partial charge in [-0.05, 0) is 157 Å². The van der Waals surface area contributed by atoms with Crippen LogP contribution in [0, 0.1) is 51.7 Å². The highest BCUT2D eigenvalue weighted by Crippen LogP contribution is 2.49. The van der Waals surface area contributed by atoms with Crippen molar-refractivity contribution in [2.75, 3.05) is 55.5 Å². The van der Waals surface area contributed by atoms with Crippen LogP contribution in [0.2, 0.25) is 0 Å². The largest absolute Gasteiger partial charge is 0.489 e. The van der Waals surface area contributed by atoms with E-state index in [9.17, 15) is 48.5 Å². The molecule has 3 saturated carbocycles. The molecule has 102 heavy (non-hydrogen) atoms. The maximum Gasteiger partial charge on any atom is 0.301 e. The Labute approximate surface area is 587 Å². The van der Waals surface area contributed by atoms with E-state index in [4.69, 9.17) is 28.1 Å². The summed E-state index contributed by atoms with van der Waals surface area (Å²) in [5.41, 5.74) is 7.37. The summed E-state index contributed by atoms with van der Waals surface area (Å²) in [4.78, 5) is 75.3. The molecule has 4 saturated heterocycles. The summed E-state index contributed by atoms with van der Waals surface area (Å²) in [5, 5.41) is 40.2. The number of ether oxygens (including phenoxy) is 5. The quantitative estimate of drug-likeness (QED) is 0.0620. The first-order valence-corrected chi connectivity index (χ1v) is 34.3. The average molecular weight is 1380 g/mol. The molecule has 8 aromatic rings. The Balaban J connectivity index is 0.000000137. The van der Waals surface area contributed by atoms with E-state index < -0.39 is 30.5 Å². The first-order chi connectivity index (χ1) is 49.6. The average Bonchev–Trinajstić information content (AvgIpc) is 1.56. The van der Waals surface area contributed by atoms with Gasteiger partial charge in [0.1, 0.15) is 71.1 Å². The van der Waals surface area contributed by atoms with Crippen LogP contribution in [-0.4, -0.2) is 119 Å². The predicted octanol–water partition coefficient (Wildman–Crippen LogP) is 12.3. The lowest BCUT2D eigenvalue weighted by atomic mass is 10.0. The summed E-state index contributed by atoms with van der Waals surface area (Å²) < 4.78 is 63.8. The number of carbonyl (C=O) groups is 5. The first-order valence-electron chi connectivity index (χ1n) is 34.3. The molecule has 0 bridgehead atoms. The van der Waals surface area contributed by atoms with Crippen molar-refractivity contribution in [1.29, 1.82) is 15.8 Å². The summed E-state index contributed by atoms with van der Waals surface area (Å²) in [6, 6.07) is 46.0. The van der Waals surface area contributed by atoms with Crippen molar-refractivity contribution in [2.45, 2.75) is 113 Å². The molecule has 0 radical (unpaired) electrons. The van der Waals surface area contributed by atoms with Crippen molar-refractivity contribution in [1.82, 2.24) is 25.2 Å².